The molecule has 0 aliphatic heterocycles. The van der Waals surface area contributed by atoms with Crippen LogP contribution in [-0.4, -0.2) is 12.0 Å². The van der Waals surface area contributed by atoms with Crippen LogP contribution in [0.15, 0.2) is 54.7 Å². The fraction of sp³-hybridized carbons (Fsp3) is 0.0667. The summed E-state index contributed by atoms with van der Waals surface area (Å²) in [4.78, 5) is 3.21. The van der Waals surface area contributed by atoms with E-state index in [1.807, 2.05) is 13.2 Å². The molecule has 2 aromatic carbocycles. The van der Waals surface area contributed by atoms with Crippen molar-refractivity contribution in [2.45, 2.75) is 0 Å². The highest BCUT2D eigenvalue weighted by molar-refractivity contribution is 5.85. The van der Waals surface area contributed by atoms with E-state index in [-0.39, 0.29) is 0 Å². The molecule has 0 aliphatic carbocycles. The van der Waals surface area contributed by atoms with Crippen LogP contribution in [0.1, 0.15) is 0 Å². The fourth-order valence-electron chi connectivity index (χ4n) is 2.06. The lowest BCUT2D eigenvalue weighted by molar-refractivity contribution is 1.48. The number of aromatic amines is 1. The first-order chi connectivity index (χ1) is 8.36. The molecule has 0 saturated heterocycles. The Hall–Kier alpha value is -2.22. The summed E-state index contributed by atoms with van der Waals surface area (Å²) < 4.78 is 0. The molecular formula is C15H14N2. The van der Waals surface area contributed by atoms with Gasteiger partial charge in [0.2, 0.25) is 0 Å². The third-order valence-electron chi connectivity index (χ3n) is 3.06. The number of rotatable bonds is 2. The monoisotopic (exact) mass is 222 g/mol. The summed E-state index contributed by atoms with van der Waals surface area (Å²) in [5, 5.41) is 4.38. The normalized spacial score (nSPS) is 10.6. The first kappa shape index (κ1) is 9.97. The van der Waals surface area contributed by atoms with Crippen LogP contribution in [0.3, 0.4) is 0 Å². The van der Waals surface area contributed by atoms with Gasteiger partial charge in [0, 0.05) is 24.4 Å². The molecule has 17 heavy (non-hydrogen) atoms. The summed E-state index contributed by atoms with van der Waals surface area (Å²) in [7, 11) is 1.93. The largest absolute Gasteiger partial charge is 0.388 e. The van der Waals surface area contributed by atoms with Gasteiger partial charge in [0.05, 0.1) is 0 Å². The van der Waals surface area contributed by atoms with Crippen LogP contribution < -0.4 is 5.32 Å². The summed E-state index contributed by atoms with van der Waals surface area (Å²) in [6.45, 7) is 0. The molecule has 2 nitrogen and oxygen atoms in total. The van der Waals surface area contributed by atoms with E-state index in [9.17, 15) is 0 Å². The van der Waals surface area contributed by atoms with E-state index < -0.39 is 0 Å². The highest BCUT2D eigenvalue weighted by atomic mass is 14.8. The summed E-state index contributed by atoms with van der Waals surface area (Å²) in [5.74, 6) is 0. The number of benzene rings is 2. The topological polar surface area (TPSA) is 27.8 Å². The first-order valence-corrected chi connectivity index (χ1v) is 5.72. The molecule has 0 atom stereocenters. The number of nitrogens with one attached hydrogen (secondary N) is 2. The molecule has 1 aromatic heterocycles. The molecule has 84 valence electrons. The van der Waals surface area contributed by atoms with Crippen molar-refractivity contribution in [1.82, 2.24) is 4.98 Å². The number of aromatic nitrogens is 1. The Kier molecular flexibility index (Phi) is 2.33. The fourth-order valence-corrected chi connectivity index (χ4v) is 2.06. The molecule has 0 amide bonds. The zero-order valence-electron chi connectivity index (χ0n) is 9.70. The molecule has 0 saturated carbocycles. The van der Waals surface area contributed by atoms with Crippen molar-refractivity contribution in [3.63, 3.8) is 0 Å². The molecule has 1 heterocycles. The molecule has 0 bridgehead atoms. The highest BCUT2D eigenvalue weighted by Crippen LogP contribution is 2.24. The zero-order valence-corrected chi connectivity index (χ0v) is 9.70. The second kappa shape index (κ2) is 3.98. The Morgan fingerprint density at radius 1 is 0.882 bits per heavy atom. The van der Waals surface area contributed by atoms with Crippen molar-refractivity contribution in [3.05, 3.63) is 54.7 Å². The Morgan fingerprint density at radius 3 is 2.41 bits per heavy atom. The van der Waals surface area contributed by atoms with Gasteiger partial charge in [0.15, 0.2) is 0 Å². The van der Waals surface area contributed by atoms with Gasteiger partial charge in [-0.1, -0.05) is 18.2 Å². The van der Waals surface area contributed by atoms with Crippen LogP contribution in [0.5, 0.6) is 0 Å². The smallest absolute Gasteiger partial charge is 0.0454 e. The maximum absolute atomic E-state index is 3.21. The lowest BCUT2D eigenvalue weighted by Gasteiger charge is -2.04. The van der Waals surface area contributed by atoms with E-state index in [0.717, 1.165) is 5.69 Å². The van der Waals surface area contributed by atoms with E-state index >= 15 is 0 Å². The van der Waals surface area contributed by atoms with Gasteiger partial charge >= 0.3 is 0 Å². The summed E-state index contributed by atoms with van der Waals surface area (Å²) >= 11 is 0. The van der Waals surface area contributed by atoms with Gasteiger partial charge in [-0.3, -0.25) is 0 Å². The third-order valence-corrected chi connectivity index (χ3v) is 3.06. The molecule has 3 rings (SSSR count). The van der Waals surface area contributed by atoms with Gasteiger partial charge in [0.25, 0.3) is 0 Å². The van der Waals surface area contributed by atoms with Crippen molar-refractivity contribution in [1.29, 1.82) is 0 Å². The molecule has 0 unspecified atom stereocenters. The molecule has 3 aromatic rings. The standard InChI is InChI=1S/C15H14N2/c1-16-14-5-2-11(3-6-14)12-4-7-15-13(10-12)8-9-17-15/h2-10,16-17H,1H3. The Morgan fingerprint density at radius 2 is 1.65 bits per heavy atom. The van der Waals surface area contributed by atoms with Gasteiger partial charge in [-0.25, -0.2) is 0 Å². The first-order valence-electron chi connectivity index (χ1n) is 5.72. The number of fused-ring (bicyclic) bond motifs is 1. The molecule has 2 N–H and O–H groups in total. The number of hydrogen-bond donors (Lipinski definition) is 2. The third kappa shape index (κ3) is 1.78. The van der Waals surface area contributed by atoms with Crippen LogP contribution in [0.4, 0.5) is 5.69 Å². The maximum Gasteiger partial charge on any atom is 0.0454 e. The SMILES string of the molecule is CNc1ccc(-c2ccc3[nH]ccc3c2)cc1. The molecular weight excluding hydrogens is 208 g/mol. The van der Waals surface area contributed by atoms with E-state index in [4.69, 9.17) is 0 Å². The van der Waals surface area contributed by atoms with E-state index in [0.29, 0.717) is 0 Å². The van der Waals surface area contributed by atoms with Gasteiger partial charge in [-0.2, -0.15) is 0 Å². The highest BCUT2D eigenvalue weighted by Gasteiger charge is 2.00. The summed E-state index contributed by atoms with van der Waals surface area (Å²) in [6.07, 6.45) is 1.97. The van der Waals surface area contributed by atoms with Crippen molar-refractivity contribution < 1.29 is 0 Å². The number of anilines is 1. The molecule has 0 aliphatic rings. The predicted octanol–water partition coefficient (Wildman–Crippen LogP) is 3.88. The molecule has 0 fully saturated rings. The van der Waals surface area contributed by atoms with Crippen molar-refractivity contribution >= 4 is 16.6 Å². The van der Waals surface area contributed by atoms with Crippen LogP contribution >= 0.6 is 0 Å². The average molecular weight is 222 g/mol. The van der Waals surface area contributed by atoms with E-state index in [1.54, 1.807) is 0 Å². The lowest BCUT2D eigenvalue weighted by Crippen LogP contribution is -1.86. The van der Waals surface area contributed by atoms with Crippen molar-refractivity contribution in [2.75, 3.05) is 12.4 Å². The van der Waals surface area contributed by atoms with Gasteiger partial charge in [-0.05, 0) is 46.8 Å². The minimum absolute atomic E-state index is 1.14. The van der Waals surface area contributed by atoms with Crippen LogP contribution in [0.25, 0.3) is 22.0 Å². The van der Waals surface area contributed by atoms with Gasteiger partial charge in [0.1, 0.15) is 0 Å². The molecule has 0 radical (unpaired) electrons. The predicted molar refractivity (Wildman–Crippen MR) is 73.3 cm³/mol. The van der Waals surface area contributed by atoms with Gasteiger partial charge in [-0.15, -0.1) is 0 Å². The quantitative estimate of drug-likeness (QED) is 0.676. The lowest BCUT2D eigenvalue weighted by atomic mass is 10.0. The number of hydrogen-bond acceptors (Lipinski definition) is 1. The van der Waals surface area contributed by atoms with Crippen molar-refractivity contribution in [2.24, 2.45) is 0 Å². The Labute approximate surface area is 100 Å². The van der Waals surface area contributed by atoms with E-state index in [2.05, 4.69) is 58.8 Å². The Balaban J connectivity index is 2.06. The molecule has 0 spiro atoms. The molecule has 2 heteroatoms. The second-order valence-corrected chi connectivity index (χ2v) is 4.11. The van der Waals surface area contributed by atoms with Crippen LogP contribution in [-0.2, 0) is 0 Å². The van der Waals surface area contributed by atoms with Gasteiger partial charge < -0.3 is 10.3 Å². The van der Waals surface area contributed by atoms with Crippen LogP contribution in [0.2, 0.25) is 0 Å². The summed E-state index contributed by atoms with van der Waals surface area (Å²) in [5.41, 5.74) is 4.81. The van der Waals surface area contributed by atoms with Crippen molar-refractivity contribution in [3.8, 4) is 11.1 Å². The minimum Gasteiger partial charge on any atom is -0.388 e. The van der Waals surface area contributed by atoms with Crippen LogP contribution in [0, 0.1) is 0 Å². The zero-order chi connectivity index (χ0) is 11.7. The second-order valence-electron chi connectivity index (χ2n) is 4.11. The minimum atomic E-state index is 1.14. The summed E-state index contributed by atoms with van der Waals surface area (Å²) in [6, 6.07) is 17.0. The number of H-pyrrole nitrogens is 1. The maximum atomic E-state index is 3.21. The average Bonchev–Trinajstić information content (AvgIpc) is 2.86. The Bertz CT molecular complexity index is 635. The van der Waals surface area contributed by atoms with E-state index in [1.165, 1.54) is 22.0 Å².